The standard InChI is InChI=1S/C13H17FN2O/c1-9-6-10(2)8-16(7-9)13(17)11-4-3-5-15-12(11)14/h3-5,9-10H,6-8H2,1-2H3. The molecule has 1 aliphatic rings. The Labute approximate surface area is 101 Å². The number of halogens is 1. The lowest BCUT2D eigenvalue weighted by atomic mass is 9.91. The molecule has 1 fully saturated rings. The molecule has 1 aromatic rings. The van der Waals surface area contributed by atoms with E-state index in [0.29, 0.717) is 24.9 Å². The number of hydrogen-bond donors (Lipinski definition) is 0. The van der Waals surface area contributed by atoms with Gasteiger partial charge in [0.25, 0.3) is 5.91 Å². The summed E-state index contributed by atoms with van der Waals surface area (Å²) in [7, 11) is 0. The van der Waals surface area contributed by atoms with E-state index in [4.69, 9.17) is 0 Å². The van der Waals surface area contributed by atoms with Crippen LogP contribution in [0.25, 0.3) is 0 Å². The van der Waals surface area contributed by atoms with Gasteiger partial charge in [-0.05, 0) is 30.4 Å². The molecular weight excluding hydrogens is 219 g/mol. The van der Waals surface area contributed by atoms with Gasteiger partial charge in [-0.3, -0.25) is 4.79 Å². The summed E-state index contributed by atoms with van der Waals surface area (Å²) in [5.74, 6) is 0.0299. The van der Waals surface area contributed by atoms with Crippen LogP contribution in [-0.2, 0) is 0 Å². The second kappa shape index (κ2) is 4.82. The molecule has 2 rings (SSSR count). The molecule has 92 valence electrons. The molecule has 0 aromatic carbocycles. The van der Waals surface area contributed by atoms with Gasteiger partial charge in [-0.25, -0.2) is 4.98 Å². The first-order chi connectivity index (χ1) is 8.08. The highest BCUT2D eigenvalue weighted by atomic mass is 19.1. The summed E-state index contributed by atoms with van der Waals surface area (Å²) in [6.45, 7) is 5.65. The van der Waals surface area contributed by atoms with Crippen LogP contribution in [0.1, 0.15) is 30.6 Å². The van der Waals surface area contributed by atoms with Gasteiger partial charge in [0.05, 0.1) is 5.56 Å². The topological polar surface area (TPSA) is 33.2 Å². The molecule has 2 atom stereocenters. The van der Waals surface area contributed by atoms with Crippen LogP contribution in [0, 0.1) is 17.8 Å². The van der Waals surface area contributed by atoms with Crippen molar-refractivity contribution >= 4 is 5.91 Å². The van der Waals surface area contributed by atoms with E-state index in [1.165, 1.54) is 12.3 Å². The van der Waals surface area contributed by atoms with Gasteiger partial charge in [-0.2, -0.15) is 4.39 Å². The van der Waals surface area contributed by atoms with Crippen molar-refractivity contribution in [2.45, 2.75) is 20.3 Å². The van der Waals surface area contributed by atoms with Gasteiger partial charge in [0.15, 0.2) is 0 Å². The summed E-state index contributed by atoms with van der Waals surface area (Å²) in [5, 5.41) is 0. The number of likely N-dealkylation sites (tertiary alicyclic amines) is 1. The number of rotatable bonds is 1. The number of piperidine rings is 1. The van der Waals surface area contributed by atoms with Crippen LogP contribution in [0.15, 0.2) is 18.3 Å². The Morgan fingerprint density at radius 1 is 1.41 bits per heavy atom. The average molecular weight is 236 g/mol. The molecular formula is C13H17FN2O. The lowest BCUT2D eigenvalue weighted by molar-refractivity contribution is 0.0617. The fourth-order valence-electron chi connectivity index (χ4n) is 2.54. The highest BCUT2D eigenvalue weighted by Gasteiger charge is 2.27. The monoisotopic (exact) mass is 236 g/mol. The first kappa shape index (κ1) is 12.0. The second-order valence-corrected chi connectivity index (χ2v) is 5.00. The van der Waals surface area contributed by atoms with E-state index < -0.39 is 5.95 Å². The first-order valence-corrected chi connectivity index (χ1v) is 5.97. The number of pyridine rings is 1. The molecule has 0 aliphatic carbocycles. The van der Waals surface area contributed by atoms with E-state index in [1.54, 1.807) is 11.0 Å². The highest BCUT2D eigenvalue weighted by Crippen LogP contribution is 2.22. The Hall–Kier alpha value is -1.45. The van der Waals surface area contributed by atoms with Crippen LogP contribution in [0.4, 0.5) is 4.39 Å². The van der Waals surface area contributed by atoms with Crippen LogP contribution in [-0.4, -0.2) is 28.9 Å². The Bertz CT molecular complexity index is 412. The summed E-state index contributed by atoms with van der Waals surface area (Å²) >= 11 is 0. The quantitative estimate of drug-likeness (QED) is 0.701. The van der Waals surface area contributed by atoms with Gasteiger partial charge in [0.1, 0.15) is 0 Å². The Morgan fingerprint density at radius 2 is 2.06 bits per heavy atom. The third-order valence-electron chi connectivity index (χ3n) is 3.15. The molecule has 0 bridgehead atoms. The molecule has 0 saturated carbocycles. The minimum atomic E-state index is -0.677. The molecule has 2 unspecified atom stereocenters. The van der Waals surface area contributed by atoms with Crippen LogP contribution in [0.3, 0.4) is 0 Å². The lowest BCUT2D eigenvalue weighted by Crippen LogP contribution is -2.42. The van der Waals surface area contributed by atoms with Gasteiger partial charge >= 0.3 is 0 Å². The molecule has 1 aliphatic heterocycles. The minimum Gasteiger partial charge on any atom is -0.338 e. The van der Waals surface area contributed by atoms with Crippen LogP contribution < -0.4 is 0 Å². The van der Waals surface area contributed by atoms with Crippen LogP contribution >= 0.6 is 0 Å². The van der Waals surface area contributed by atoms with Gasteiger partial charge in [-0.15, -0.1) is 0 Å². The van der Waals surface area contributed by atoms with E-state index in [0.717, 1.165) is 6.42 Å². The molecule has 1 aromatic heterocycles. The molecule has 1 amide bonds. The van der Waals surface area contributed by atoms with Crippen molar-refractivity contribution in [1.82, 2.24) is 9.88 Å². The number of aromatic nitrogens is 1. The smallest absolute Gasteiger partial charge is 0.258 e. The predicted octanol–water partition coefficient (Wildman–Crippen LogP) is 2.34. The fraction of sp³-hybridized carbons (Fsp3) is 0.538. The summed E-state index contributed by atoms with van der Waals surface area (Å²) in [6.07, 6.45) is 2.48. The van der Waals surface area contributed by atoms with Crippen molar-refractivity contribution in [2.75, 3.05) is 13.1 Å². The van der Waals surface area contributed by atoms with Crippen LogP contribution in [0.2, 0.25) is 0 Å². The summed E-state index contributed by atoms with van der Waals surface area (Å²) in [6, 6.07) is 3.09. The fourth-order valence-corrected chi connectivity index (χ4v) is 2.54. The molecule has 0 spiro atoms. The van der Waals surface area contributed by atoms with Gasteiger partial charge in [0.2, 0.25) is 5.95 Å². The van der Waals surface area contributed by atoms with Gasteiger partial charge in [0, 0.05) is 19.3 Å². The lowest BCUT2D eigenvalue weighted by Gasteiger charge is -2.35. The number of hydrogen-bond acceptors (Lipinski definition) is 2. The zero-order valence-corrected chi connectivity index (χ0v) is 10.2. The van der Waals surface area contributed by atoms with Crippen molar-refractivity contribution in [3.05, 3.63) is 29.8 Å². The van der Waals surface area contributed by atoms with E-state index in [2.05, 4.69) is 18.8 Å². The molecule has 0 N–H and O–H groups in total. The molecule has 3 nitrogen and oxygen atoms in total. The van der Waals surface area contributed by atoms with Crippen molar-refractivity contribution < 1.29 is 9.18 Å². The molecule has 0 radical (unpaired) electrons. The summed E-state index contributed by atoms with van der Waals surface area (Å²) in [5.41, 5.74) is 0.0776. The highest BCUT2D eigenvalue weighted by molar-refractivity contribution is 5.94. The summed E-state index contributed by atoms with van der Waals surface area (Å²) < 4.78 is 13.4. The average Bonchev–Trinajstić information content (AvgIpc) is 2.27. The van der Waals surface area contributed by atoms with E-state index in [1.807, 2.05) is 0 Å². The SMILES string of the molecule is CC1CC(C)CN(C(=O)c2cccnc2F)C1. The van der Waals surface area contributed by atoms with Gasteiger partial charge in [-0.1, -0.05) is 13.8 Å². The van der Waals surface area contributed by atoms with Crippen molar-refractivity contribution in [3.8, 4) is 0 Å². The summed E-state index contributed by atoms with van der Waals surface area (Å²) in [4.78, 5) is 17.4. The van der Waals surface area contributed by atoms with Crippen molar-refractivity contribution in [1.29, 1.82) is 0 Å². The second-order valence-electron chi connectivity index (χ2n) is 5.00. The maximum atomic E-state index is 13.4. The maximum absolute atomic E-state index is 13.4. The molecule has 1 saturated heterocycles. The van der Waals surface area contributed by atoms with E-state index in [9.17, 15) is 9.18 Å². The zero-order valence-electron chi connectivity index (χ0n) is 10.2. The Balaban J connectivity index is 2.17. The first-order valence-electron chi connectivity index (χ1n) is 5.97. The predicted molar refractivity (Wildman–Crippen MR) is 63.0 cm³/mol. The van der Waals surface area contributed by atoms with E-state index >= 15 is 0 Å². The zero-order chi connectivity index (χ0) is 12.4. The number of carbonyl (C=O) groups excluding carboxylic acids is 1. The Kier molecular flexibility index (Phi) is 3.41. The van der Waals surface area contributed by atoms with Crippen molar-refractivity contribution in [2.24, 2.45) is 11.8 Å². The number of nitrogens with zero attached hydrogens (tertiary/aromatic N) is 2. The van der Waals surface area contributed by atoms with Crippen molar-refractivity contribution in [3.63, 3.8) is 0 Å². The maximum Gasteiger partial charge on any atom is 0.258 e. The molecule has 17 heavy (non-hydrogen) atoms. The minimum absolute atomic E-state index is 0.0776. The molecule has 4 heteroatoms. The normalized spacial score (nSPS) is 24.8. The number of amides is 1. The van der Waals surface area contributed by atoms with Crippen LogP contribution in [0.5, 0.6) is 0 Å². The third-order valence-corrected chi connectivity index (χ3v) is 3.15. The largest absolute Gasteiger partial charge is 0.338 e. The molecule has 2 heterocycles. The Morgan fingerprint density at radius 3 is 2.65 bits per heavy atom. The van der Waals surface area contributed by atoms with Gasteiger partial charge < -0.3 is 4.90 Å². The van der Waals surface area contributed by atoms with E-state index in [-0.39, 0.29) is 11.5 Å². The number of carbonyl (C=O) groups is 1. The third kappa shape index (κ3) is 2.62.